The summed E-state index contributed by atoms with van der Waals surface area (Å²) >= 11 is 0. The number of rotatable bonds is 1. The molecular formula is C16H14O. The minimum atomic E-state index is 0.250. The van der Waals surface area contributed by atoms with Gasteiger partial charge in [-0.15, -0.1) is 0 Å². The van der Waals surface area contributed by atoms with Crippen LogP contribution in [0.15, 0.2) is 48.5 Å². The average molecular weight is 222 g/mol. The first-order valence-corrected chi connectivity index (χ1v) is 5.95. The topological polar surface area (TPSA) is 17.1 Å². The molecule has 0 bridgehead atoms. The fraction of sp³-hybridized carbons (Fsp3) is 0.188. The number of hydrogen-bond donors (Lipinski definition) is 0. The van der Waals surface area contributed by atoms with Crippen molar-refractivity contribution in [1.82, 2.24) is 0 Å². The van der Waals surface area contributed by atoms with Crippen molar-refractivity contribution in [2.24, 2.45) is 0 Å². The maximum Gasteiger partial charge on any atom is 0.164 e. The second-order valence-corrected chi connectivity index (χ2v) is 4.63. The van der Waals surface area contributed by atoms with Crippen LogP contribution in [0.25, 0.3) is 0 Å². The Hall–Kier alpha value is -1.89. The van der Waals surface area contributed by atoms with Gasteiger partial charge in [-0.25, -0.2) is 0 Å². The zero-order valence-electron chi connectivity index (χ0n) is 9.81. The Morgan fingerprint density at radius 3 is 2.53 bits per heavy atom. The Morgan fingerprint density at radius 2 is 1.76 bits per heavy atom. The molecule has 0 aliphatic heterocycles. The molecule has 17 heavy (non-hydrogen) atoms. The first-order chi connectivity index (χ1) is 8.27. The van der Waals surface area contributed by atoms with Crippen LogP contribution in [0.3, 0.4) is 0 Å². The molecule has 1 atom stereocenters. The monoisotopic (exact) mass is 222 g/mol. The molecule has 1 aliphatic carbocycles. The van der Waals surface area contributed by atoms with E-state index in [1.165, 1.54) is 16.7 Å². The Morgan fingerprint density at radius 1 is 1.00 bits per heavy atom. The number of hydrogen-bond acceptors (Lipinski definition) is 1. The van der Waals surface area contributed by atoms with Crippen LogP contribution in [0.1, 0.15) is 39.4 Å². The predicted molar refractivity (Wildman–Crippen MR) is 68.4 cm³/mol. The number of carbonyl (C=O) groups excluding carboxylic acids is 1. The van der Waals surface area contributed by atoms with Gasteiger partial charge in [0.05, 0.1) is 0 Å². The van der Waals surface area contributed by atoms with Gasteiger partial charge in [-0.2, -0.15) is 0 Å². The van der Waals surface area contributed by atoms with Gasteiger partial charge in [0.1, 0.15) is 0 Å². The van der Waals surface area contributed by atoms with E-state index >= 15 is 0 Å². The molecule has 0 saturated carbocycles. The van der Waals surface area contributed by atoms with Gasteiger partial charge in [0.25, 0.3) is 0 Å². The molecular weight excluding hydrogens is 208 g/mol. The van der Waals surface area contributed by atoms with Crippen LogP contribution in [-0.2, 0) is 0 Å². The van der Waals surface area contributed by atoms with Gasteiger partial charge < -0.3 is 0 Å². The Balaban J connectivity index is 2.16. The zero-order chi connectivity index (χ0) is 11.8. The molecule has 2 aromatic rings. The van der Waals surface area contributed by atoms with E-state index in [1.807, 2.05) is 30.3 Å². The Kier molecular flexibility index (Phi) is 2.32. The van der Waals surface area contributed by atoms with E-state index in [-0.39, 0.29) is 11.7 Å². The van der Waals surface area contributed by atoms with Gasteiger partial charge in [0.2, 0.25) is 0 Å². The highest BCUT2D eigenvalue weighted by molar-refractivity contribution is 6.02. The summed E-state index contributed by atoms with van der Waals surface area (Å²) < 4.78 is 0. The summed E-state index contributed by atoms with van der Waals surface area (Å²) in [5.74, 6) is 0.525. The molecule has 1 nitrogen and oxygen atoms in total. The highest BCUT2D eigenvalue weighted by Gasteiger charge is 2.31. The van der Waals surface area contributed by atoms with Crippen molar-refractivity contribution in [3.8, 4) is 0 Å². The fourth-order valence-electron chi connectivity index (χ4n) is 2.75. The van der Waals surface area contributed by atoms with Crippen molar-refractivity contribution >= 4 is 5.78 Å². The highest BCUT2D eigenvalue weighted by atomic mass is 16.1. The van der Waals surface area contributed by atoms with Crippen molar-refractivity contribution in [3.63, 3.8) is 0 Å². The third-order valence-electron chi connectivity index (χ3n) is 3.56. The van der Waals surface area contributed by atoms with E-state index in [9.17, 15) is 4.79 Å². The van der Waals surface area contributed by atoms with Crippen molar-refractivity contribution in [1.29, 1.82) is 0 Å². The summed E-state index contributed by atoms with van der Waals surface area (Å²) in [6.45, 7) is 2.09. The van der Waals surface area contributed by atoms with Crippen molar-refractivity contribution in [3.05, 3.63) is 70.8 Å². The van der Waals surface area contributed by atoms with E-state index in [0.717, 1.165) is 5.56 Å². The van der Waals surface area contributed by atoms with Crippen molar-refractivity contribution < 1.29 is 4.79 Å². The smallest absolute Gasteiger partial charge is 0.164 e. The lowest BCUT2D eigenvalue weighted by atomic mass is 9.90. The second kappa shape index (κ2) is 3.85. The molecule has 1 unspecified atom stereocenters. The quantitative estimate of drug-likeness (QED) is 0.718. The van der Waals surface area contributed by atoms with Gasteiger partial charge in [0.15, 0.2) is 5.78 Å². The molecule has 2 aromatic carbocycles. The first kappa shape index (κ1) is 10.3. The average Bonchev–Trinajstić information content (AvgIpc) is 2.70. The standard InChI is InChI=1S/C16H14O/c1-11-6-5-9-13-15(17)10-14(16(11)13)12-7-3-2-4-8-12/h2-9,14H,10H2,1H3. The summed E-state index contributed by atoms with van der Waals surface area (Å²) in [7, 11) is 0. The zero-order valence-corrected chi connectivity index (χ0v) is 9.81. The van der Waals surface area contributed by atoms with Crippen molar-refractivity contribution in [2.75, 3.05) is 0 Å². The summed E-state index contributed by atoms with van der Waals surface area (Å²) in [4.78, 5) is 12.0. The molecule has 3 rings (SSSR count). The molecule has 0 spiro atoms. The predicted octanol–water partition coefficient (Wildman–Crippen LogP) is 3.71. The van der Waals surface area contributed by atoms with Crippen LogP contribution < -0.4 is 0 Å². The SMILES string of the molecule is Cc1cccc2c1C(c1ccccc1)CC2=O. The largest absolute Gasteiger partial charge is 0.294 e. The second-order valence-electron chi connectivity index (χ2n) is 4.63. The molecule has 0 heterocycles. The first-order valence-electron chi connectivity index (χ1n) is 5.95. The van der Waals surface area contributed by atoms with Crippen LogP contribution in [0.5, 0.6) is 0 Å². The van der Waals surface area contributed by atoms with Gasteiger partial charge in [0, 0.05) is 17.9 Å². The van der Waals surface area contributed by atoms with Gasteiger partial charge >= 0.3 is 0 Å². The van der Waals surface area contributed by atoms with E-state index in [4.69, 9.17) is 0 Å². The van der Waals surface area contributed by atoms with Crippen LogP contribution in [0.4, 0.5) is 0 Å². The van der Waals surface area contributed by atoms with E-state index in [2.05, 4.69) is 25.1 Å². The summed E-state index contributed by atoms with van der Waals surface area (Å²) in [5, 5.41) is 0. The van der Waals surface area contributed by atoms with E-state index in [1.54, 1.807) is 0 Å². The summed E-state index contributed by atoms with van der Waals surface area (Å²) in [6.07, 6.45) is 0.615. The molecule has 0 amide bonds. The van der Waals surface area contributed by atoms with Crippen LogP contribution in [0.2, 0.25) is 0 Å². The van der Waals surface area contributed by atoms with Gasteiger partial charge in [-0.1, -0.05) is 48.5 Å². The number of Topliss-reactive ketones (excluding diaryl/α,β-unsaturated/α-hetero) is 1. The molecule has 0 radical (unpaired) electrons. The maximum atomic E-state index is 12.0. The molecule has 1 aliphatic rings. The molecule has 84 valence electrons. The highest BCUT2D eigenvalue weighted by Crippen LogP contribution is 2.39. The Labute approximate surface area is 101 Å². The Bertz CT molecular complexity index is 569. The summed E-state index contributed by atoms with van der Waals surface area (Å²) in [5.41, 5.74) is 4.61. The minimum absolute atomic E-state index is 0.250. The third kappa shape index (κ3) is 1.59. The molecule has 0 N–H and O–H groups in total. The van der Waals surface area contributed by atoms with Crippen LogP contribution >= 0.6 is 0 Å². The summed E-state index contributed by atoms with van der Waals surface area (Å²) in [6, 6.07) is 16.3. The van der Waals surface area contributed by atoms with Gasteiger partial charge in [-0.3, -0.25) is 4.79 Å². The van der Waals surface area contributed by atoms with Gasteiger partial charge in [-0.05, 0) is 23.6 Å². The number of fused-ring (bicyclic) bond motifs is 1. The molecule has 0 saturated heterocycles. The number of ketones is 1. The van der Waals surface area contributed by atoms with E-state index in [0.29, 0.717) is 6.42 Å². The van der Waals surface area contributed by atoms with E-state index < -0.39 is 0 Å². The number of benzene rings is 2. The van der Waals surface area contributed by atoms with Crippen LogP contribution in [-0.4, -0.2) is 5.78 Å². The lowest BCUT2D eigenvalue weighted by Crippen LogP contribution is -1.98. The lowest BCUT2D eigenvalue weighted by molar-refractivity contribution is 0.0991. The number of carbonyl (C=O) groups is 1. The van der Waals surface area contributed by atoms with Crippen LogP contribution in [0, 0.1) is 6.92 Å². The minimum Gasteiger partial charge on any atom is -0.294 e. The molecule has 0 fully saturated rings. The lowest BCUT2D eigenvalue weighted by Gasteiger charge is -2.13. The third-order valence-corrected chi connectivity index (χ3v) is 3.56. The molecule has 1 heteroatoms. The van der Waals surface area contributed by atoms with Crippen molar-refractivity contribution in [2.45, 2.75) is 19.3 Å². The fourth-order valence-corrected chi connectivity index (χ4v) is 2.75. The maximum absolute atomic E-state index is 12.0. The normalized spacial score (nSPS) is 18.2. The molecule has 0 aromatic heterocycles. The number of aryl methyl sites for hydroxylation is 1.